The van der Waals surface area contributed by atoms with Gasteiger partial charge in [-0.3, -0.25) is 4.79 Å². The summed E-state index contributed by atoms with van der Waals surface area (Å²) in [5, 5.41) is 9.15. The maximum atomic E-state index is 11.1. The summed E-state index contributed by atoms with van der Waals surface area (Å²) in [5.41, 5.74) is 0. The van der Waals surface area contributed by atoms with Crippen LogP contribution in [-0.4, -0.2) is 11.1 Å². The Morgan fingerprint density at radius 1 is 0.519 bits per heavy atom. The average molecular weight is 383 g/mol. The molecule has 0 spiro atoms. The molecule has 2 heteroatoms. The summed E-state index contributed by atoms with van der Waals surface area (Å²) < 4.78 is 0. The van der Waals surface area contributed by atoms with E-state index in [1.165, 1.54) is 109 Å². The molecule has 0 aromatic rings. The summed E-state index contributed by atoms with van der Waals surface area (Å²) in [7, 11) is 0. The summed E-state index contributed by atoms with van der Waals surface area (Å²) >= 11 is 0. The molecule has 0 fully saturated rings. The van der Waals surface area contributed by atoms with Gasteiger partial charge in [0.25, 0.3) is 0 Å². The minimum atomic E-state index is -0.594. The van der Waals surface area contributed by atoms with Crippen LogP contribution in [0, 0.1) is 5.92 Å². The van der Waals surface area contributed by atoms with Crippen LogP contribution in [0.1, 0.15) is 149 Å². The first-order chi connectivity index (χ1) is 13.2. The lowest BCUT2D eigenvalue weighted by molar-refractivity contribution is -0.142. The van der Waals surface area contributed by atoms with E-state index in [-0.39, 0.29) is 5.92 Å². The van der Waals surface area contributed by atoms with Gasteiger partial charge >= 0.3 is 5.97 Å². The van der Waals surface area contributed by atoms with Gasteiger partial charge in [0.15, 0.2) is 0 Å². The van der Waals surface area contributed by atoms with Crippen LogP contribution in [0.15, 0.2) is 0 Å². The molecule has 0 radical (unpaired) electrons. The minimum absolute atomic E-state index is 0.101. The normalized spacial score (nSPS) is 12.4. The van der Waals surface area contributed by atoms with Crippen molar-refractivity contribution in [2.75, 3.05) is 0 Å². The van der Waals surface area contributed by atoms with E-state index in [1.807, 2.05) is 0 Å². The third-order valence-corrected chi connectivity index (χ3v) is 5.89. The van der Waals surface area contributed by atoms with E-state index < -0.39 is 5.97 Å². The number of carboxylic acids is 1. The van der Waals surface area contributed by atoms with E-state index in [4.69, 9.17) is 5.11 Å². The quantitative estimate of drug-likeness (QED) is 0.190. The van der Waals surface area contributed by atoms with Crippen molar-refractivity contribution in [3.05, 3.63) is 0 Å². The van der Waals surface area contributed by atoms with Crippen molar-refractivity contribution in [3.8, 4) is 0 Å². The molecule has 0 saturated heterocycles. The lowest BCUT2D eigenvalue weighted by atomic mass is 9.96. The number of unbranched alkanes of at least 4 members (excludes halogenated alkanes) is 17. The Morgan fingerprint density at radius 3 is 1.15 bits per heavy atom. The molecule has 0 bridgehead atoms. The highest BCUT2D eigenvalue weighted by molar-refractivity contribution is 5.69. The van der Waals surface area contributed by atoms with Crippen LogP contribution in [0.25, 0.3) is 0 Å². The first-order valence-electron chi connectivity index (χ1n) is 12.4. The second-order valence-corrected chi connectivity index (χ2v) is 8.62. The maximum Gasteiger partial charge on any atom is 0.306 e. The van der Waals surface area contributed by atoms with E-state index in [0.717, 1.165) is 25.7 Å². The molecule has 1 N–H and O–H groups in total. The first-order valence-corrected chi connectivity index (χ1v) is 12.4. The van der Waals surface area contributed by atoms with Crippen LogP contribution in [0.4, 0.5) is 0 Å². The number of carbonyl (C=O) groups is 1. The monoisotopic (exact) mass is 382 g/mol. The summed E-state index contributed by atoms with van der Waals surface area (Å²) in [6.45, 7) is 4.36. The van der Waals surface area contributed by atoms with Crippen molar-refractivity contribution in [2.45, 2.75) is 149 Å². The molecule has 0 aromatic heterocycles. The molecule has 0 amide bonds. The topological polar surface area (TPSA) is 37.3 Å². The predicted octanol–water partition coefficient (Wildman–Crippen LogP) is 8.92. The van der Waals surface area contributed by atoms with Gasteiger partial charge < -0.3 is 5.11 Å². The van der Waals surface area contributed by atoms with Gasteiger partial charge in [-0.2, -0.15) is 0 Å². The molecular weight excluding hydrogens is 332 g/mol. The van der Waals surface area contributed by atoms with Crippen molar-refractivity contribution in [2.24, 2.45) is 5.92 Å². The smallest absolute Gasteiger partial charge is 0.306 e. The Kier molecular flexibility index (Phi) is 21.3. The zero-order valence-electron chi connectivity index (χ0n) is 18.8. The van der Waals surface area contributed by atoms with Crippen LogP contribution in [-0.2, 0) is 4.79 Å². The molecule has 1 unspecified atom stereocenters. The predicted molar refractivity (Wildman–Crippen MR) is 119 cm³/mol. The number of carboxylic acid groups (broad SMARTS) is 1. The third kappa shape index (κ3) is 20.0. The fourth-order valence-corrected chi connectivity index (χ4v) is 4.03. The van der Waals surface area contributed by atoms with Gasteiger partial charge in [-0.15, -0.1) is 0 Å². The molecule has 162 valence electrons. The largest absolute Gasteiger partial charge is 0.481 e. The zero-order chi connectivity index (χ0) is 20.0. The van der Waals surface area contributed by atoms with Gasteiger partial charge in [0.05, 0.1) is 5.92 Å². The van der Waals surface area contributed by atoms with E-state index >= 15 is 0 Å². The molecule has 27 heavy (non-hydrogen) atoms. The van der Waals surface area contributed by atoms with Crippen LogP contribution >= 0.6 is 0 Å². The fourth-order valence-electron chi connectivity index (χ4n) is 4.03. The van der Waals surface area contributed by atoms with Crippen molar-refractivity contribution in [3.63, 3.8) is 0 Å². The lowest BCUT2D eigenvalue weighted by Crippen LogP contribution is -2.13. The minimum Gasteiger partial charge on any atom is -0.481 e. The second kappa shape index (κ2) is 21.8. The standard InChI is InChI=1S/C25H50O2/c1-3-5-6-7-8-9-10-11-12-13-14-15-16-17-18-19-20-21-23-24(22-4-2)25(26)27/h24H,3-23H2,1-2H3,(H,26,27). The van der Waals surface area contributed by atoms with Gasteiger partial charge in [0, 0.05) is 0 Å². The second-order valence-electron chi connectivity index (χ2n) is 8.62. The zero-order valence-corrected chi connectivity index (χ0v) is 18.8. The van der Waals surface area contributed by atoms with Gasteiger partial charge in [0.2, 0.25) is 0 Å². The Balaban J connectivity index is 3.15. The summed E-state index contributed by atoms with van der Waals surface area (Å²) in [5.74, 6) is -0.695. The summed E-state index contributed by atoms with van der Waals surface area (Å²) in [6, 6.07) is 0. The molecular formula is C25H50O2. The van der Waals surface area contributed by atoms with Crippen LogP contribution in [0.3, 0.4) is 0 Å². The molecule has 1 atom stereocenters. The Bertz CT molecular complexity index is 301. The number of hydrogen-bond donors (Lipinski definition) is 1. The van der Waals surface area contributed by atoms with Gasteiger partial charge in [0.1, 0.15) is 0 Å². The fraction of sp³-hybridized carbons (Fsp3) is 0.960. The Hall–Kier alpha value is -0.530. The van der Waals surface area contributed by atoms with Crippen molar-refractivity contribution in [1.29, 1.82) is 0 Å². The van der Waals surface area contributed by atoms with Crippen molar-refractivity contribution < 1.29 is 9.90 Å². The van der Waals surface area contributed by atoms with Gasteiger partial charge in [-0.05, 0) is 12.8 Å². The lowest BCUT2D eigenvalue weighted by Gasteiger charge is -2.10. The highest BCUT2D eigenvalue weighted by atomic mass is 16.4. The van der Waals surface area contributed by atoms with E-state index in [1.54, 1.807) is 0 Å². The third-order valence-electron chi connectivity index (χ3n) is 5.89. The molecule has 0 heterocycles. The van der Waals surface area contributed by atoms with Crippen LogP contribution < -0.4 is 0 Å². The molecule has 0 saturated carbocycles. The molecule has 2 nitrogen and oxygen atoms in total. The van der Waals surface area contributed by atoms with Gasteiger partial charge in [-0.1, -0.05) is 136 Å². The van der Waals surface area contributed by atoms with Crippen LogP contribution in [0.2, 0.25) is 0 Å². The van der Waals surface area contributed by atoms with E-state index in [2.05, 4.69) is 13.8 Å². The SMILES string of the molecule is CCCCCCCCCCCCCCCCCCCCC(CCC)C(=O)O. The van der Waals surface area contributed by atoms with Crippen molar-refractivity contribution >= 4 is 5.97 Å². The average Bonchev–Trinajstić information content (AvgIpc) is 2.66. The highest BCUT2D eigenvalue weighted by Gasteiger charge is 2.15. The van der Waals surface area contributed by atoms with Gasteiger partial charge in [-0.25, -0.2) is 0 Å². The Labute approximate surface area is 170 Å². The number of aliphatic carboxylic acids is 1. The first kappa shape index (κ1) is 26.5. The summed E-state index contributed by atoms with van der Waals surface area (Å²) in [4.78, 5) is 11.1. The van der Waals surface area contributed by atoms with E-state index in [9.17, 15) is 4.79 Å². The molecule has 0 aromatic carbocycles. The van der Waals surface area contributed by atoms with Crippen LogP contribution in [0.5, 0.6) is 0 Å². The van der Waals surface area contributed by atoms with Crippen molar-refractivity contribution in [1.82, 2.24) is 0 Å². The maximum absolute atomic E-state index is 11.1. The summed E-state index contributed by atoms with van der Waals surface area (Å²) in [6.07, 6.45) is 27.6. The molecule has 0 rings (SSSR count). The molecule has 0 aliphatic heterocycles. The molecule has 0 aliphatic rings. The molecule has 0 aliphatic carbocycles. The Morgan fingerprint density at radius 2 is 0.852 bits per heavy atom. The van der Waals surface area contributed by atoms with E-state index in [0.29, 0.717) is 0 Å². The number of hydrogen-bond acceptors (Lipinski definition) is 1. The number of rotatable bonds is 22. The highest BCUT2D eigenvalue weighted by Crippen LogP contribution is 2.18.